The highest BCUT2D eigenvalue weighted by molar-refractivity contribution is 5.80. The van der Waals surface area contributed by atoms with Crippen molar-refractivity contribution >= 4 is 11.8 Å². The topological polar surface area (TPSA) is 71.0 Å². The van der Waals surface area contributed by atoms with E-state index in [0.717, 1.165) is 49.4 Å². The van der Waals surface area contributed by atoms with Gasteiger partial charge in [-0.15, -0.1) is 0 Å². The molecule has 2 aromatic rings. The molecule has 32 heavy (non-hydrogen) atoms. The highest BCUT2D eigenvalue weighted by Gasteiger charge is 2.17. The third-order valence-electron chi connectivity index (χ3n) is 5.37. The first-order valence-corrected chi connectivity index (χ1v) is 11.5. The van der Waals surface area contributed by atoms with Crippen molar-refractivity contribution in [2.75, 3.05) is 38.3 Å². The van der Waals surface area contributed by atoms with Crippen LogP contribution in [0.15, 0.2) is 47.6 Å². The van der Waals surface area contributed by atoms with Gasteiger partial charge in [0, 0.05) is 32.9 Å². The molecule has 2 unspecified atom stereocenters. The fourth-order valence-corrected chi connectivity index (χ4v) is 3.52. The Morgan fingerprint density at radius 1 is 1.22 bits per heavy atom. The molecule has 0 amide bonds. The summed E-state index contributed by atoms with van der Waals surface area (Å²) in [6.07, 6.45) is 2.17. The predicted octanol–water partition coefficient (Wildman–Crippen LogP) is 3.77. The van der Waals surface area contributed by atoms with E-state index in [4.69, 9.17) is 9.47 Å². The summed E-state index contributed by atoms with van der Waals surface area (Å²) in [6.45, 7) is 12.4. The second-order valence-electron chi connectivity index (χ2n) is 8.72. The van der Waals surface area contributed by atoms with Crippen LogP contribution in [0.25, 0.3) is 0 Å². The number of hydrogen-bond donors (Lipinski definition) is 2. The summed E-state index contributed by atoms with van der Waals surface area (Å²) in [5.41, 5.74) is 2.29. The number of pyridine rings is 1. The summed E-state index contributed by atoms with van der Waals surface area (Å²) >= 11 is 0. The van der Waals surface area contributed by atoms with E-state index in [0.29, 0.717) is 12.5 Å². The molecular weight excluding hydrogens is 402 g/mol. The van der Waals surface area contributed by atoms with Crippen molar-refractivity contribution in [2.24, 2.45) is 10.9 Å². The average Bonchev–Trinajstić information content (AvgIpc) is 2.81. The van der Waals surface area contributed by atoms with Crippen molar-refractivity contribution in [3.05, 3.63) is 53.7 Å². The molecule has 3 rings (SSSR count). The van der Waals surface area contributed by atoms with E-state index >= 15 is 0 Å². The van der Waals surface area contributed by atoms with Crippen LogP contribution in [0.5, 0.6) is 5.75 Å². The van der Waals surface area contributed by atoms with Crippen LogP contribution < -0.4 is 20.3 Å². The quantitative estimate of drug-likeness (QED) is 0.482. The van der Waals surface area contributed by atoms with Gasteiger partial charge in [0.2, 0.25) is 0 Å². The SMILES string of the molecule is CN=C(NCc1ccc(N2CCOC(C)C2)nc1)NC(C)c1ccc(OCC(C)C)cc1. The molecule has 0 radical (unpaired) electrons. The number of nitrogens with one attached hydrogen (secondary N) is 2. The Labute approximate surface area is 192 Å². The second kappa shape index (κ2) is 11.7. The number of aromatic nitrogens is 1. The molecule has 1 saturated heterocycles. The van der Waals surface area contributed by atoms with Gasteiger partial charge in [0.05, 0.1) is 25.4 Å². The van der Waals surface area contributed by atoms with E-state index in [1.54, 1.807) is 7.05 Å². The number of guanidine groups is 1. The number of aliphatic imine (C=N–C) groups is 1. The molecule has 7 nitrogen and oxygen atoms in total. The third kappa shape index (κ3) is 7.12. The van der Waals surface area contributed by atoms with E-state index < -0.39 is 0 Å². The van der Waals surface area contributed by atoms with Crippen LogP contribution >= 0.6 is 0 Å². The minimum Gasteiger partial charge on any atom is -0.493 e. The molecule has 0 aliphatic carbocycles. The Morgan fingerprint density at radius 3 is 2.62 bits per heavy atom. The summed E-state index contributed by atoms with van der Waals surface area (Å²) in [6, 6.07) is 12.5. The van der Waals surface area contributed by atoms with E-state index in [9.17, 15) is 0 Å². The molecule has 174 valence electrons. The monoisotopic (exact) mass is 439 g/mol. The third-order valence-corrected chi connectivity index (χ3v) is 5.37. The molecule has 7 heteroatoms. The van der Waals surface area contributed by atoms with Gasteiger partial charge in [0.1, 0.15) is 11.6 Å². The molecule has 1 aliphatic rings. The molecule has 2 heterocycles. The minimum absolute atomic E-state index is 0.115. The Morgan fingerprint density at radius 2 is 2.00 bits per heavy atom. The van der Waals surface area contributed by atoms with E-state index in [1.165, 1.54) is 5.56 Å². The van der Waals surface area contributed by atoms with Crippen molar-refractivity contribution < 1.29 is 9.47 Å². The lowest BCUT2D eigenvalue weighted by Crippen LogP contribution is -2.41. The molecule has 1 aromatic heterocycles. The number of nitrogens with zero attached hydrogens (tertiary/aromatic N) is 3. The fourth-order valence-electron chi connectivity index (χ4n) is 3.52. The number of anilines is 1. The summed E-state index contributed by atoms with van der Waals surface area (Å²) < 4.78 is 11.4. The van der Waals surface area contributed by atoms with Gasteiger partial charge in [-0.1, -0.05) is 32.0 Å². The summed E-state index contributed by atoms with van der Waals surface area (Å²) in [5, 5.41) is 6.82. The molecular formula is C25H37N5O2. The normalized spacial score (nSPS) is 17.9. The van der Waals surface area contributed by atoms with Gasteiger partial charge in [-0.05, 0) is 49.1 Å². The number of benzene rings is 1. The van der Waals surface area contributed by atoms with Crippen molar-refractivity contribution in [1.82, 2.24) is 15.6 Å². The van der Waals surface area contributed by atoms with Crippen molar-refractivity contribution in [3.63, 3.8) is 0 Å². The molecule has 0 saturated carbocycles. The number of rotatable bonds is 8. The molecule has 2 atom stereocenters. The maximum Gasteiger partial charge on any atom is 0.191 e. The maximum absolute atomic E-state index is 5.77. The molecule has 0 bridgehead atoms. The Hall–Kier alpha value is -2.80. The zero-order valence-electron chi connectivity index (χ0n) is 20.0. The minimum atomic E-state index is 0.115. The average molecular weight is 440 g/mol. The fraction of sp³-hybridized carbons (Fsp3) is 0.520. The van der Waals surface area contributed by atoms with Gasteiger partial charge < -0.3 is 25.0 Å². The van der Waals surface area contributed by atoms with Crippen LogP contribution in [0.1, 0.15) is 44.9 Å². The predicted molar refractivity (Wildman–Crippen MR) is 130 cm³/mol. The lowest BCUT2D eigenvalue weighted by atomic mass is 10.1. The lowest BCUT2D eigenvalue weighted by molar-refractivity contribution is 0.0529. The van der Waals surface area contributed by atoms with Crippen LogP contribution in [0.2, 0.25) is 0 Å². The van der Waals surface area contributed by atoms with Crippen molar-refractivity contribution in [1.29, 1.82) is 0 Å². The maximum atomic E-state index is 5.77. The first-order chi connectivity index (χ1) is 15.4. The summed E-state index contributed by atoms with van der Waals surface area (Å²) in [4.78, 5) is 11.3. The Bertz CT molecular complexity index is 852. The smallest absolute Gasteiger partial charge is 0.191 e. The van der Waals surface area contributed by atoms with Crippen molar-refractivity contribution in [2.45, 2.75) is 46.4 Å². The Kier molecular flexibility index (Phi) is 8.73. The summed E-state index contributed by atoms with van der Waals surface area (Å²) in [5.74, 6) is 3.17. The first kappa shape index (κ1) is 23.9. The molecule has 2 N–H and O–H groups in total. The van der Waals surface area contributed by atoms with Crippen LogP contribution in [0.3, 0.4) is 0 Å². The van der Waals surface area contributed by atoms with Gasteiger partial charge in [-0.3, -0.25) is 4.99 Å². The van der Waals surface area contributed by atoms with Gasteiger partial charge >= 0.3 is 0 Å². The highest BCUT2D eigenvalue weighted by Crippen LogP contribution is 2.18. The van der Waals surface area contributed by atoms with E-state index in [-0.39, 0.29) is 12.1 Å². The van der Waals surface area contributed by atoms with E-state index in [1.807, 2.05) is 18.3 Å². The Balaban J connectivity index is 1.49. The standard InChI is InChI=1S/C25H37N5O2/c1-18(2)17-32-23-9-7-22(8-10-23)20(4)29-25(26-5)28-15-21-6-11-24(27-14-21)30-12-13-31-19(3)16-30/h6-11,14,18-20H,12-13,15-17H2,1-5H3,(H2,26,28,29). The van der Waals surface area contributed by atoms with Gasteiger partial charge in [-0.2, -0.15) is 0 Å². The van der Waals surface area contributed by atoms with Gasteiger partial charge in [-0.25, -0.2) is 4.98 Å². The largest absolute Gasteiger partial charge is 0.493 e. The molecule has 1 fully saturated rings. The zero-order chi connectivity index (χ0) is 22.9. The van der Waals surface area contributed by atoms with E-state index in [2.05, 4.69) is 77.5 Å². The first-order valence-electron chi connectivity index (χ1n) is 11.5. The summed E-state index contributed by atoms with van der Waals surface area (Å²) in [7, 11) is 1.78. The zero-order valence-corrected chi connectivity index (χ0v) is 20.0. The lowest BCUT2D eigenvalue weighted by Gasteiger charge is -2.32. The molecule has 1 aromatic carbocycles. The number of ether oxygens (including phenoxy) is 2. The van der Waals surface area contributed by atoms with Crippen LogP contribution in [-0.4, -0.2) is 50.4 Å². The second-order valence-corrected chi connectivity index (χ2v) is 8.72. The van der Waals surface area contributed by atoms with Crippen LogP contribution in [0, 0.1) is 5.92 Å². The molecule has 0 spiro atoms. The van der Waals surface area contributed by atoms with Gasteiger partial charge in [0.15, 0.2) is 5.96 Å². The number of morpholine rings is 1. The highest BCUT2D eigenvalue weighted by atomic mass is 16.5. The molecule has 1 aliphatic heterocycles. The van der Waals surface area contributed by atoms with Crippen LogP contribution in [0.4, 0.5) is 5.82 Å². The number of hydrogen-bond acceptors (Lipinski definition) is 5. The van der Waals surface area contributed by atoms with Crippen molar-refractivity contribution in [3.8, 4) is 5.75 Å². The van der Waals surface area contributed by atoms with Gasteiger partial charge in [0.25, 0.3) is 0 Å². The van der Waals surface area contributed by atoms with Crippen LogP contribution in [-0.2, 0) is 11.3 Å².